The quantitative estimate of drug-likeness (QED) is 0.417. The average molecular weight is 258 g/mol. The van der Waals surface area contributed by atoms with Crippen LogP contribution >= 0.6 is 22.6 Å². The second kappa shape index (κ2) is 7.23. The zero-order valence-corrected chi connectivity index (χ0v) is 7.76. The minimum absolute atomic E-state index is 0.271. The lowest BCUT2D eigenvalue weighted by Gasteiger charge is -2.01. The number of halogens is 1. The van der Waals surface area contributed by atoms with E-state index in [-0.39, 0.29) is 3.98 Å². The first-order valence-electron chi connectivity index (χ1n) is 3.00. The van der Waals surface area contributed by atoms with E-state index in [2.05, 4.69) is 10.1 Å². The fraction of sp³-hybridized carbons (Fsp3) is 0.800. The molecule has 0 saturated carbocycles. The van der Waals surface area contributed by atoms with Crippen LogP contribution in [0.1, 0.15) is 0 Å². The molecule has 3 N–H and O–H groups in total. The van der Waals surface area contributed by atoms with Crippen LogP contribution in [0.25, 0.3) is 0 Å². The first-order chi connectivity index (χ1) is 4.77. The van der Waals surface area contributed by atoms with Crippen molar-refractivity contribution in [3.8, 4) is 0 Å². The highest BCUT2D eigenvalue weighted by molar-refractivity contribution is 14.1. The summed E-state index contributed by atoms with van der Waals surface area (Å²) in [5.41, 5.74) is 5.20. The molecule has 4 nitrogen and oxygen atoms in total. The van der Waals surface area contributed by atoms with Crippen molar-refractivity contribution in [3.05, 3.63) is 0 Å². The van der Waals surface area contributed by atoms with Crippen LogP contribution in [0.15, 0.2) is 0 Å². The first kappa shape index (κ1) is 10.1. The molecule has 0 unspecified atom stereocenters. The highest BCUT2D eigenvalue weighted by Gasteiger charge is 1.91. The summed E-state index contributed by atoms with van der Waals surface area (Å²) in [6, 6.07) is 0. The normalized spacial score (nSPS) is 9.40. The maximum absolute atomic E-state index is 10.2. The van der Waals surface area contributed by atoms with Crippen LogP contribution in [0.2, 0.25) is 0 Å². The van der Waals surface area contributed by atoms with Gasteiger partial charge in [0.1, 0.15) is 6.61 Å². The molecule has 0 atom stereocenters. The van der Waals surface area contributed by atoms with Gasteiger partial charge in [-0.05, 0) is 0 Å². The zero-order chi connectivity index (χ0) is 7.82. The minimum atomic E-state index is -0.271. The lowest BCUT2D eigenvalue weighted by Crippen LogP contribution is -2.26. The topological polar surface area (TPSA) is 64.3 Å². The average Bonchev–Trinajstić information content (AvgIpc) is 1.87. The molecule has 0 saturated heterocycles. The Bertz CT molecular complexity index is 99.6. The molecule has 0 bridgehead atoms. The van der Waals surface area contributed by atoms with E-state index in [1.54, 1.807) is 22.6 Å². The summed E-state index contributed by atoms with van der Waals surface area (Å²) in [5, 5.41) is 2.98. The lowest BCUT2D eigenvalue weighted by atomic mass is 10.6. The Kier molecular flexibility index (Phi) is 7.32. The monoisotopic (exact) mass is 258 g/mol. The highest BCUT2D eigenvalue weighted by atomic mass is 127. The summed E-state index contributed by atoms with van der Waals surface area (Å²) in [7, 11) is 0. The molecular weight excluding hydrogens is 247 g/mol. The molecule has 0 amide bonds. The maximum Gasteiger partial charge on any atom is 0.367 e. The van der Waals surface area contributed by atoms with Gasteiger partial charge < -0.3 is 15.8 Å². The second-order valence-corrected chi connectivity index (χ2v) is 2.51. The van der Waals surface area contributed by atoms with Crippen LogP contribution in [-0.2, 0) is 4.74 Å². The molecule has 0 rings (SSSR count). The predicted octanol–water partition coefficient (Wildman–Crippen LogP) is 0.106. The van der Waals surface area contributed by atoms with Crippen molar-refractivity contribution >= 4 is 26.6 Å². The Balaban J connectivity index is 2.84. The van der Waals surface area contributed by atoms with Crippen LogP contribution < -0.4 is 11.1 Å². The number of nitrogens with two attached hydrogens (primary N) is 1. The molecule has 0 aromatic rings. The summed E-state index contributed by atoms with van der Waals surface area (Å²) in [4.78, 5) is 10.2. The number of hydrogen-bond donors (Lipinski definition) is 2. The number of carbonyl (C=O) groups is 1. The van der Waals surface area contributed by atoms with Gasteiger partial charge in [0, 0.05) is 19.6 Å². The van der Waals surface area contributed by atoms with E-state index in [0.29, 0.717) is 19.7 Å². The Morgan fingerprint density at radius 1 is 1.60 bits per heavy atom. The number of nitrogens with one attached hydrogen (secondary N) is 1. The van der Waals surface area contributed by atoms with Crippen LogP contribution in [0.4, 0.5) is 4.79 Å². The Morgan fingerprint density at radius 2 is 2.30 bits per heavy atom. The molecular formula is C5H11IN2O2. The van der Waals surface area contributed by atoms with Crippen LogP contribution in [-0.4, -0.2) is 30.2 Å². The van der Waals surface area contributed by atoms with Crippen molar-refractivity contribution in [2.24, 2.45) is 5.73 Å². The van der Waals surface area contributed by atoms with E-state index >= 15 is 0 Å². The number of rotatable bonds is 5. The molecule has 0 fully saturated rings. The summed E-state index contributed by atoms with van der Waals surface area (Å²) in [6.07, 6.45) is 0. The van der Waals surface area contributed by atoms with Crippen molar-refractivity contribution in [3.63, 3.8) is 0 Å². The van der Waals surface area contributed by atoms with E-state index in [1.165, 1.54) is 0 Å². The molecule has 0 aliphatic rings. The predicted molar refractivity (Wildman–Crippen MR) is 47.3 cm³/mol. The van der Waals surface area contributed by atoms with E-state index in [9.17, 15) is 4.79 Å². The fourth-order valence-electron chi connectivity index (χ4n) is 0.431. The third kappa shape index (κ3) is 8.12. The van der Waals surface area contributed by atoms with Gasteiger partial charge in [-0.2, -0.15) is 0 Å². The molecule has 0 radical (unpaired) electrons. The van der Waals surface area contributed by atoms with Gasteiger partial charge in [0.15, 0.2) is 0 Å². The Labute approximate surface area is 73.6 Å². The highest BCUT2D eigenvalue weighted by Crippen LogP contribution is 1.88. The molecule has 0 spiro atoms. The number of hydrogen-bond acceptors (Lipinski definition) is 4. The largest absolute Gasteiger partial charge is 0.457 e. The smallest absolute Gasteiger partial charge is 0.367 e. The van der Waals surface area contributed by atoms with Gasteiger partial charge in [-0.1, -0.05) is 0 Å². The molecule has 0 aliphatic heterocycles. The molecule has 0 aromatic heterocycles. The van der Waals surface area contributed by atoms with Gasteiger partial charge in [-0.3, -0.25) is 0 Å². The van der Waals surface area contributed by atoms with Crippen molar-refractivity contribution in [1.82, 2.24) is 5.32 Å². The van der Waals surface area contributed by atoms with Crippen LogP contribution in [0, 0.1) is 0 Å². The van der Waals surface area contributed by atoms with Gasteiger partial charge in [-0.25, -0.2) is 4.79 Å². The summed E-state index contributed by atoms with van der Waals surface area (Å²) in [6.45, 7) is 2.46. The van der Waals surface area contributed by atoms with E-state index in [4.69, 9.17) is 5.73 Å². The molecule has 0 aromatic carbocycles. The zero-order valence-electron chi connectivity index (χ0n) is 5.60. The van der Waals surface area contributed by atoms with E-state index in [0.717, 1.165) is 6.54 Å². The molecule has 0 heterocycles. The lowest BCUT2D eigenvalue weighted by molar-refractivity contribution is 0.179. The van der Waals surface area contributed by atoms with Crippen molar-refractivity contribution < 1.29 is 9.53 Å². The van der Waals surface area contributed by atoms with Crippen molar-refractivity contribution in [2.75, 3.05) is 26.2 Å². The standard InChI is InChI=1S/C5H11IN2O2/c6-5(9)10-4-3-8-2-1-7/h8H,1-4,7H2. The van der Waals surface area contributed by atoms with Crippen LogP contribution in [0.5, 0.6) is 0 Å². The molecule has 0 aliphatic carbocycles. The minimum Gasteiger partial charge on any atom is -0.457 e. The summed E-state index contributed by atoms with van der Waals surface area (Å²) < 4.78 is 4.36. The van der Waals surface area contributed by atoms with Crippen LogP contribution in [0.3, 0.4) is 0 Å². The SMILES string of the molecule is NCCNCCOC(=O)I. The molecule has 5 heteroatoms. The third-order valence-electron chi connectivity index (χ3n) is 0.815. The molecule has 60 valence electrons. The van der Waals surface area contributed by atoms with E-state index in [1.807, 2.05) is 0 Å². The fourth-order valence-corrected chi connectivity index (χ4v) is 0.651. The first-order valence-corrected chi connectivity index (χ1v) is 4.08. The number of ether oxygens (including phenoxy) is 1. The summed E-state index contributed by atoms with van der Waals surface area (Å²) in [5.74, 6) is 0. The van der Waals surface area contributed by atoms with Gasteiger partial charge in [0.25, 0.3) is 0 Å². The maximum atomic E-state index is 10.2. The van der Waals surface area contributed by atoms with E-state index < -0.39 is 0 Å². The van der Waals surface area contributed by atoms with Gasteiger partial charge in [-0.15, -0.1) is 0 Å². The van der Waals surface area contributed by atoms with Crippen molar-refractivity contribution in [1.29, 1.82) is 0 Å². The third-order valence-corrected chi connectivity index (χ3v) is 1.13. The Hall–Kier alpha value is 0.120. The van der Waals surface area contributed by atoms with Gasteiger partial charge in [0.05, 0.1) is 22.6 Å². The Morgan fingerprint density at radius 3 is 2.80 bits per heavy atom. The van der Waals surface area contributed by atoms with Crippen molar-refractivity contribution in [2.45, 2.75) is 0 Å². The molecule has 10 heavy (non-hydrogen) atoms. The second-order valence-electron chi connectivity index (χ2n) is 1.62. The van der Waals surface area contributed by atoms with Gasteiger partial charge >= 0.3 is 3.98 Å². The number of carbonyl (C=O) groups excluding carboxylic acids is 1. The summed E-state index contributed by atoms with van der Waals surface area (Å²) >= 11 is 1.59. The van der Waals surface area contributed by atoms with Gasteiger partial charge in [0.2, 0.25) is 0 Å².